The second kappa shape index (κ2) is 13.8. The zero-order valence-electron chi connectivity index (χ0n) is 20.5. The van der Waals surface area contributed by atoms with E-state index >= 15 is 0 Å². The van der Waals surface area contributed by atoms with Crippen LogP contribution in [0.5, 0.6) is 28.7 Å². The van der Waals surface area contributed by atoms with Crippen molar-refractivity contribution in [3.05, 3.63) is 77.4 Å². The van der Waals surface area contributed by atoms with Crippen LogP contribution >= 0.6 is 45.2 Å². The molecular formula is C27H25I2NO9. The first-order chi connectivity index (χ1) is 18.5. The molecule has 0 amide bonds. The summed E-state index contributed by atoms with van der Waals surface area (Å²) in [7, 11) is 0. The van der Waals surface area contributed by atoms with Crippen LogP contribution in [-0.2, 0) is 25.5 Å². The molecule has 0 saturated carbocycles. The number of hydrogen-bond acceptors (Lipinski definition) is 10. The van der Waals surface area contributed by atoms with Crippen LogP contribution in [0, 0.1) is 0 Å². The minimum Gasteiger partial charge on any atom is -0.508 e. The van der Waals surface area contributed by atoms with Gasteiger partial charge in [-0.05, 0) is 67.4 Å². The molecule has 5 N–H and O–H groups in total. The van der Waals surface area contributed by atoms with E-state index in [2.05, 4.69) is 0 Å². The Morgan fingerprint density at radius 1 is 0.769 bits per heavy atom. The van der Waals surface area contributed by atoms with Crippen molar-refractivity contribution in [2.75, 3.05) is 6.61 Å². The predicted molar refractivity (Wildman–Crippen MR) is 157 cm³/mol. The number of aromatic hydroxyl groups is 3. The van der Waals surface area contributed by atoms with Crippen LogP contribution in [0.1, 0.15) is 31.5 Å². The molecule has 0 aliphatic heterocycles. The number of esters is 3. The van der Waals surface area contributed by atoms with Crippen LogP contribution in [0.15, 0.2) is 60.7 Å². The summed E-state index contributed by atoms with van der Waals surface area (Å²) in [6, 6.07) is 13.1. The lowest BCUT2D eigenvalue weighted by atomic mass is 9.96. The average Bonchev–Trinajstić information content (AvgIpc) is 2.91. The van der Waals surface area contributed by atoms with Crippen molar-refractivity contribution in [3.8, 4) is 28.7 Å². The minimum atomic E-state index is -1.02. The fourth-order valence-electron chi connectivity index (χ4n) is 3.45. The molecular weight excluding hydrogens is 736 g/mol. The summed E-state index contributed by atoms with van der Waals surface area (Å²) < 4.78 is 13.7. The van der Waals surface area contributed by atoms with Gasteiger partial charge in [0, 0.05) is 11.1 Å². The molecule has 2 unspecified atom stereocenters. The second-order valence-corrected chi connectivity index (χ2v) is 10.7. The van der Waals surface area contributed by atoms with Crippen LogP contribution in [0.25, 0.3) is 0 Å². The van der Waals surface area contributed by atoms with Crippen molar-refractivity contribution in [2.45, 2.75) is 27.2 Å². The Bertz CT molecular complexity index is 1240. The zero-order chi connectivity index (χ0) is 28.7. The first kappa shape index (κ1) is 30.4. The molecule has 206 valence electrons. The van der Waals surface area contributed by atoms with Gasteiger partial charge in [0.1, 0.15) is 42.6 Å². The van der Waals surface area contributed by atoms with Crippen LogP contribution < -0.4 is 15.2 Å². The summed E-state index contributed by atoms with van der Waals surface area (Å²) >= 11 is 3.60. The van der Waals surface area contributed by atoms with Gasteiger partial charge in [-0.25, -0.2) is 0 Å². The van der Waals surface area contributed by atoms with Gasteiger partial charge in [-0.15, -0.1) is 0 Å². The van der Waals surface area contributed by atoms with E-state index < -0.39 is 31.8 Å². The lowest BCUT2D eigenvalue weighted by Crippen LogP contribution is -2.34. The Hall–Kier alpha value is -3.11. The summed E-state index contributed by atoms with van der Waals surface area (Å²) in [5.74, 6) is -2.01. The van der Waals surface area contributed by atoms with Gasteiger partial charge in [-0.1, -0.05) is 57.3 Å². The predicted octanol–water partition coefficient (Wildman–Crippen LogP) is 4.40. The SMILES string of the molecule is CCOC(=O)[C@@H](N)Cc1cc(C(I)C(=O)Oc2ccc(O)cc2)c(O)c(C(I)C(=O)Oc2ccc(O)cc2)c1. The van der Waals surface area contributed by atoms with Crippen LogP contribution in [0.4, 0.5) is 0 Å². The third-order valence-corrected chi connectivity index (χ3v) is 7.70. The molecule has 0 spiro atoms. The summed E-state index contributed by atoms with van der Waals surface area (Å²) in [5, 5.41) is 30.1. The highest BCUT2D eigenvalue weighted by Crippen LogP contribution is 2.41. The fourth-order valence-corrected chi connectivity index (χ4v) is 4.66. The van der Waals surface area contributed by atoms with Crippen LogP contribution in [-0.4, -0.2) is 45.9 Å². The lowest BCUT2D eigenvalue weighted by Gasteiger charge is -2.20. The Balaban J connectivity index is 1.95. The van der Waals surface area contributed by atoms with Crippen LogP contribution in [0.2, 0.25) is 0 Å². The van der Waals surface area contributed by atoms with Crippen molar-refractivity contribution in [3.63, 3.8) is 0 Å². The number of benzene rings is 3. The number of phenols is 3. The molecule has 0 fully saturated rings. The van der Waals surface area contributed by atoms with E-state index in [4.69, 9.17) is 19.9 Å². The van der Waals surface area contributed by atoms with Crippen LogP contribution in [0.3, 0.4) is 0 Å². The number of alkyl halides is 2. The number of hydrogen-bond donors (Lipinski definition) is 4. The number of carbonyl (C=O) groups is 3. The summed E-state index contributed by atoms with van der Waals surface area (Å²) in [4.78, 5) is 38.0. The average molecular weight is 761 g/mol. The maximum absolute atomic E-state index is 12.9. The number of carbonyl (C=O) groups excluding carboxylic acids is 3. The Morgan fingerprint density at radius 2 is 1.18 bits per heavy atom. The largest absolute Gasteiger partial charge is 0.508 e. The topological polar surface area (TPSA) is 166 Å². The summed E-state index contributed by atoms with van der Waals surface area (Å²) in [5.41, 5.74) is 6.76. The molecule has 0 radical (unpaired) electrons. The first-order valence-electron chi connectivity index (χ1n) is 11.6. The molecule has 3 rings (SSSR count). The number of phenolic OH excluding ortho intramolecular Hbond substituents is 3. The van der Waals surface area contributed by atoms with Gasteiger partial charge in [-0.2, -0.15) is 0 Å². The highest BCUT2D eigenvalue weighted by Gasteiger charge is 2.30. The molecule has 0 saturated heterocycles. The Morgan fingerprint density at radius 3 is 1.56 bits per heavy atom. The summed E-state index contributed by atoms with van der Waals surface area (Å²) in [6.45, 7) is 1.80. The van der Waals surface area contributed by atoms with Gasteiger partial charge in [-0.3, -0.25) is 14.4 Å². The van der Waals surface area contributed by atoms with E-state index in [-0.39, 0.29) is 52.9 Å². The molecule has 3 aromatic rings. The summed E-state index contributed by atoms with van der Waals surface area (Å²) in [6.07, 6.45) is 0.00581. The van der Waals surface area contributed by atoms with Crippen molar-refractivity contribution in [1.29, 1.82) is 0 Å². The highest BCUT2D eigenvalue weighted by atomic mass is 127. The Kier molecular flexibility index (Phi) is 10.8. The zero-order valence-corrected chi connectivity index (χ0v) is 24.9. The molecule has 3 atom stereocenters. The maximum atomic E-state index is 12.9. The van der Waals surface area contributed by atoms with E-state index in [1.165, 1.54) is 60.7 Å². The molecule has 10 nitrogen and oxygen atoms in total. The molecule has 0 aliphatic carbocycles. The van der Waals surface area contributed by atoms with Gasteiger partial charge < -0.3 is 35.3 Å². The standard InChI is InChI=1S/C27H25I2NO9/c1-2-37-25(34)21(30)13-14-11-19(22(28)26(35)38-17-7-3-15(31)4-8-17)24(33)20(12-14)23(29)27(36)39-18-9-5-16(32)6-10-18/h3-12,21-23,31-33H,2,13,30H2,1H3/t21-,22?,23?/m0/s1. The van der Waals surface area contributed by atoms with Gasteiger partial charge in [0.15, 0.2) is 0 Å². The molecule has 39 heavy (non-hydrogen) atoms. The van der Waals surface area contributed by atoms with Gasteiger partial charge >= 0.3 is 17.9 Å². The van der Waals surface area contributed by atoms with Gasteiger partial charge in [0.2, 0.25) is 0 Å². The van der Waals surface area contributed by atoms with Gasteiger partial charge in [0.25, 0.3) is 0 Å². The normalized spacial score (nSPS) is 13.1. The number of nitrogens with two attached hydrogens (primary N) is 1. The van der Waals surface area contributed by atoms with Crippen molar-refractivity contribution in [1.82, 2.24) is 0 Å². The van der Waals surface area contributed by atoms with E-state index in [0.717, 1.165) is 0 Å². The third-order valence-electron chi connectivity index (χ3n) is 5.34. The first-order valence-corrected chi connectivity index (χ1v) is 14.1. The second-order valence-electron chi connectivity index (χ2n) is 8.24. The smallest absolute Gasteiger partial charge is 0.328 e. The quantitative estimate of drug-likeness (QED) is 0.101. The molecule has 3 aromatic carbocycles. The number of rotatable bonds is 10. The molecule has 12 heteroatoms. The van der Waals surface area contributed by atoms with E-state index in [1.54, 1.807) is 52.1 Å². The Labute approximate surface area is 251 Å². The van der Waals surface area contributed by atoms with Crippen molar-refractivity contribution >= 4 is 63.1 Å². The lowest BCUT2D eigenvalue weighted by molar-refractivity contribution is -0.144. The molecule has 0 heterocycles. The number of halogens is 2. The van der Waals surface area contributed by atoms with E-state index in [1.807, 2.05) is 0 Å². The maximum Gasteiger partial charge on any atom is 0.328 e. The van der Waals surface area contributed by atoms with E-state index in [9.17, 15) is 29.7 Å². The van der Waals surface area contributed by atoms with Crippen molar-refractivity contribution < 1.29 is 43.9 Å². The fraction of sp³-hybridized carbons (Fsp3) is 0.222. The minimum absolute atomic E-state index is 0.000950. The van der Waals surface area contributed by atoms with Crippen molar-refractivity contribution in [2.24, 2.45) is 5.73 Å². The molecule has 0 aromatic heterocycles. The van der Waals surface area contributed by atoms with E-state index in [0.29, 0.717) is 5.56 Å². The monoisotopic (exact) mass is 761 g/mol. The van der Waals surface area contributed by atoms with Gasteiger partial charge in [0.05, 0.1) is 6.61 Å². The molecule has 0 bridgehead atoms. The number of ether oxygens (including phenoxy) is 3. The molecule has 0 aliphatic rings. The highest BCUT2D eigenvalue weighted by molar-refractivity contribution is 14.1. The third kappa shape index (κ3) is 8.19.